The summed E-state index contributed by atoms with van der Waals surface area (Å²) in [5.41, 5.74) is 3.92. The minimum absolute atomic E-state index is 0.242. The molecule has 1 N–H and O–H groups in total. The lowest BCUT2D eigenvalue weighted by atomic mass is 9.78. The maximum atomic E-state index is 10.3. The number of benzene rings is 2. The van der Waals surface area contributed by atoms with Gasteiger partial charge in [-0.25, -0.2) is 0 Å². The molecule has 0 radical (unpaired) electrons. The van der Waals surface area contributed by atoms with Crippen LogP contribution in [0.15, 0.2) is 54.6 Å². The zero-order valence-corrected chi connectivity index (χ0v) is 9.71. The molecule has 0 bridgehead atoms. The summed E-state index contributed by atoms with van der Waals surface area (Å²) in [6, 6.07) is 18.8. The lowest BCUT2D eigenvalue weighted by Gasteiger charge is -2.30. The molecule has 0 unspecified atom stereocenters. The van der Waals surface area contributed by atoms with E-state index in [1.807, 2.05) is 24.3 Å². The summed E-state index contributed by atoms with van der Waals surface area (Å²) in [6.45, 7) is 0. The summed E-state index contributed by atoms with van der Waals surface area (Å²) in [5.74, 6) is 0.242. The molecule has 17 heavy (non-hydrogen) atoms. The second-order valence-electron chi connectivity index (χ2n) is 4.76. The number of aliphatic hydroxyl groups excluding tert-OH is 1. The van der Waals surface area contributed by atoms with Crippen molar-refractivity contribution < 1.29 is 5.11 Å². The van der Waals surface area contributed by atoms with Crippen LogP contribution in [0.25, 0.3) is 0 Å². The third-order valence-corrected chi connectivity index (χ3v) is 3.68. The normalized spacial score (nSPS) is 23.1. The van der Waals surface area contributed by atoms with Gasteiger partial charge < -0.3 is 5.11 Å². The van der Waals surface area contributed by atoms with Crippen molar-refractivity contribution in [2.75, 3.05) is 0 Å². The molecule has 3 rings (SSSR count). The molecule has 1 aliphatic rings. The summed E-state index contributed by atoms with van der Waals surface area (Å²) >= 11 is 0. The van der Waals surface area contributed by atoms with Crippen LogP contribution in [0.1, 0.15) is 22.6 Å². The Morgan fingerprint density at radius 3 is 2.06 bits per heavy atom. The van der Waals surface area contributed by atoms with Crippen molar-refractivity contribution in [2.45, 2.75) is 24.9 Å². The fourth-order valence-electron chi connectivity index (χ4n) is 2.74. The van der Waals surface area contributed by atoms with E-state index in [1.54, 1.807) is 0 Å². The Kier molecular flexibility index (Phi) is 2.69. The van der Waals surface area contributed by atoms with Crippen LogP contribution in [0.4, 0.5) is 0 Å². The predicted octanol–water partition coefficient (Wildman–Crippen LogP) is 2.93. The molecule has 0 fully saturated rings. The first-order valence-corrected chi connectivity index (χ1v) is 6.14. The molecule has 1 heteroatoms. The molecule has 1 aliphatic carbocycles. The molecular formula is C16H16O. The van der Waals surface area contributed by atoms with Crippen LogP contribution in [-0.4, -0.2) is 11.2 Å². The second kappa shape index (κ2) is 4.34. The number of fused-ring (bicyclic) bond motifs is 1. The van der Waals surface area contributed by atoms with Crippen LogP contribution in [-0.2, 0) is 12.8 Å². The quantitative estimate of drug-likeness (QED) is 0.789. The smallest absolute Gasteiger partial charge is 0.0652 e. The highest BCUT2D eigenvalue weighted by Gasteiger charge is 2.27. The van der Waals surface area contributed by atoms with Gasteiger partial charge in [0.25, 0.3) is 0 Å². The lowest BCUT2D eigenvalue weighted by molar-refractivity contribution is 0.135. The summed E-state index contributed by atoms with van der Waals surface area (Å²) in [4.78, 5) is 0. The van der Waals surface area contributed by atoms with Gasteiger partial charge in [0.2, 0.25) is 0 Å². The molecule has 86 valence electrons. The molecule has 0 amide bonds. The van der Waals surface area contributed by atoms with E-state index < -0.39 is 0 Å². The fourth-order valence-corrected chi connectivity index (χ4v) is 2.74. The molecule has 0 spiro atoms. The van der Waals surface area contributed by atoms with Crippen molar-refractivity contribution in [2.24, 2.45) is 0 Å². The number of hydrogen-bond donors (Lipinski definition) is 1. The summed E-state index contributed by atoms with van der Waals surface area (Å²) in [5, 5.41) is 10.3. The van der Waals surface area contributed by atoms with Crippen molar-refractivity contribution >= 4 is 0 Å². The van der Waals surface area contributed by atoms with E-state index in [0.717, 1.165) is 12.8 Å². The van der Waals surface area contributed by atoms with Gasteiger partial charge in [-0.2, -0.15) is 0 Å². The summed E-state index contributed by atoms with van der Waals surface area (Å²) in [6.07, 6.45) is 1.46. The van der Waals surface area contributed by atoms with Crippen LogP contribution in [0, 0.1) is 0 Å². The zero-order valence-electron chi connectivity index (χ0n) is 9.71. The molecule has 0 saturated carbocycles. The third kappa shape index (κ3) is 1.98. The Hall–Kier alpha value is -1.60. The Morgan fingerprint density at radius 2 is 1.35 bits per heavy atom. The Labute approximate surface area is 102 Å². The molecule has 2 aromatic carbocycles. The predicted molar refractivity (Wildman–Crippen MR) is 69.0 cm³/mol. The van der Waals surface area contributed by atoms with Gasteiger partial charge in [0.15, 0.2) is 0 Å². The van der Waals surface area contributed by atoms with E-state index >= 15 is 0 Å². The zero-order chi connectivity index (χ0) is 11.7. The first kappa shape index (κ1) is 10.5. The maximum absolute atomic E-state index is 10.3. The Balaban J connectivity index is 1.95. The Bertz CT molecular complexity index is 504. The van der Waals surface area contributed by atoms with E-state index in [-0.39, 0.29) is 12.0 Å². The fraction of sp³-hybridized carbons (Fsp3) is 0.250. The molecule has 0 aliphatic heterocycles. The van der Waals surface area contributed by atoms with E-state index in [0.29, 0.717) is 0 Å². The van der Waals surface area contributed by atoms with Crippen LogP contribution >= 0.6 is 0 Å². The second-order valence-corrected chi connectivity index (χ2v) is 4.76. The van der Waals surface area contributed by atoms with Crippen LogP contribution in [0.2, 0.25) is 0 Å². The molecule has 0 heterocycles. The van der Waals surface area contributed by atoms with E-state index in [9.17, 15) is 5.11 Å². The molecule has 1 nitrogen and oxygen atoms in total. The average Bonchev–Trinajstić information content (AvgIpc) is 2.39. The van der Waals surface area contributed by atoms with Gasteiger partial charge in [-0.1, -0.05) is 54.6 Å². The Morgan fingerprint density at radius 1 is 0.765 bits per heavy atom. The summed E-state index contributed by atoms with van der Waals surface area (Å²) < 4.78 is 0. The highest BCUT2D eigenvalue weighted by Crippen LogP contribution is 2.32. The molecule has 2 atom stereocenters. The van der Waals surface area contributed by atoms with Gasteiger partial charge >= 0.3 is 0 Å². The van der Waals surface area contributed by atoms with Gasteiger partial charge in [0.05, 0.1) is 6.10 Å². The van der Waals surface area contributed by atoms with Gasteiger partial charge in [-0.3, -0.25) is 0 Å². The maximum Gasteiger partial charge on any atom is 0.0652 e. The molecule has 0 saturated heterocycles. The van der Waals surface area contributed by atoms with Crippen LogP contribution in [0.5, 0.6) is 0 Å². The van der Waals surface area contributed by atoms with E-state index in [1.165, 1.54) is 16.7 Å². The first-order valence-electron chi connectivity index (χ1n) is 6.14. The SMILES string of the molecule is O[C@@H]1Cc2ccccc2C[C@H]1c1ccccc1. The number of hydrogen-bond acceptors (Lipinski definition) is 1. The third-order valence-electron chi connectivity index (χ3n) is 3.68. The van der Waals surface area contributed by atoms with Crippen molar-refractivity contribution in [3.05, 3.63) is 71.3 Å². The van der Waals surface area contributed by atoms with E-state index in [4.69, 9.17) is 0 Å². The topological polar surface area (TPSA) is 20.2 Å². The molecular weight excluding hydrogens is 208 g/mol. The molecule has 2 aromatic rings. The number of rotatable bonds is 1. The van der Waals surface area contributed by atoms with E-state index in [2.05, 4.69) is 30.3 Å². The van der Waals surface area contributed by atoms with Crippen molar-refractivity contribution in [1.29, 1.82) is 0 Å². The van der Waals surface area contributed by atoms with Crippen molar-refractivity contribution in [3.8, 4) is 0 Å². The average molecular weight is 224 g/mol. The standard InChI is InChI=1S/C16H16O/c17-16-11-14-9-5-4-8-13(14)10-15(16)12-6-2-1-3-7-12/h1-9,15-17H,10-11H2/t15-,16+/m0/s1. The van der Waals surface area contributed by atoms with Crippen LogP contribution < -0.4 is 0 Å². The van der Waals surface area contributed by atoms with Gasteiger partial charge in [0.1, 0.15) is 0 Å². The van der Waals surface area contributed by atoms with Gasteiger partial charge in [-0.15, -0.1) is 0 Å². The minimum Gasteiger partial charge on any atom is -0.392 e. The van der Waals surface area contributed by atoms with Gasteiger partial charge in [0, 0.05) is 5.92 Å². The highest BCUT2D eigenvalue weighted by atomic mass is 16.3. The van der Waals surface area contributed by atoms with Gasteiger partial charge in [-0.05, 0) is 29.5 Å². The lowest BCUT2D eigenvalue weighted by Crippen LogP contribution is -2.28. The monoisotopic (exact) mass is 224 g/mol. The molecule has 0 aromatic heterocycles. The minimum atomic E-state index is -0.257. The first-order chi connectivity index (χ1) is 8.34. The van der Waals surface area contributed by atoms with Crippen LogP contribution in [0.3, 0.4) is 0 Å². The summed E-state index contributed by atoms with van der Waals surface area (Å²) in [7, 11) is 0. The van der Waals surface area contributed by atoms with Crippen molar-refractivity contribution in [3.63, 3.8) is 0 Å². The highest BCUT2D eigenvalue weighted by molar-refractivity contribution is 5.35. The van der Waals surface area contributed by atoms with Crippen molar-refractivity contribution in [1.82, 2.24) is 0 Å². The largest absolute Gasteiger partial charge is 0.392 e. The number of aliphatic hydroxyl groups is 1.